The molecule has 0 fully saturated rings. The average Bonchev–Trinajstić information content (AvgIpc) is 2.45. The summed E-state index contributed by atoms with van der Waals surface area (Å²) in [7, 11) is 0. The van der Waals surface area contributed by atoms with Crippen LogP contribution in [0.1, 0.15) is 37.3 Å². The molecule has 1 unspecified atom stereocenters. The van der Waals surface area contributed by atoms with Gasteiger partial charge in [0.1, 0.15) is 0 Å². The Balaban J connectivity index is -0.000000346. The van der Waals surface area contributed by atoms with Crippen molar-refractivity contribution in [1.82, 2.24) is 0 Å². The Morgan fingerprint density at radius 3 is 1.92 bits per heavy atom. The van der Waals surface area contributed by atoms with E-state index >= 15 is 0 Å². The molecule has 0 heterocycles. The number of aliphatic hydroxyl groups excluding tert-OH is 1. The standard InChI is InChI=1S/C8H8BrClO.C8H6BrClO.B.Na.H/c2*1-5(11)6-2-3-8(10)7(9)4-6;;;/h2-5,11H,1H3;2-4H,1H3;;;/q;;;+1;-1. The first-order valence-electron chi connectivity index (χ1n) is 6.31. The van der Waals surface area contributed by atoms with E-state index in [0.29, 0.717) is 15.6 Å². The Kier molecular flexibility index (Phi) is 14.5. The number of halogens is 4. The third-order valence-electron chi connectivity index (χ3n) is 2.75. The fraction of sp³-hybridized carbons (Fsp3) is 0.188. The van der Waals surface area contributed by atoms with Gasteiger partial charge < -0.3 is 6.53 Å². The second kappa shape index (κ2) is 12.9. The molecule has 0 aliphatic rings. The van der Waals surface area contributed by atoms with Crippen LogP contribution in [0.5, 0.6) is 0 Å². The molecular weight excluding hydrogens is 489 g/mol. The van der Waals surface area contributed by atoms with Crippen LogP contribution in [-0.4, -0.2) is 19.3 Å². The van der Waals surface area contributed by atoms with Crippen LogP contribution in [0.15, 0.2) is 45.3 Å². The fourth-order valence-corrected chi connectivity index (χ4v) is 2.50. The molecule has 0 saturated heterocycles. The summed E-state index contributed by atoms with van der Waals surface area (Å²) >= 11 is 18.0. The number of carbonyl (C=O) groups is 1. The minimum Gasteiger partial charge on any atom is -1.00 e. The van der Waals surface area contributed by atoms with E-state index in [1.807, 2.05) is 6.07 Å². The number of rotatable bonds is 2. The first-order chi connectivity index (χ1) is 10.2. The van der Waals surface area contributed by atoms with E-state index in [1.54, 1.807) is 37.3 Å². The molecule has 123 valence electrons. The minimum atomic E-state index is -0.441. The van der Waals surface area contributed by atoms with E-state index in [0.717, 1.165) is 14.5 Å². The molecule has 0 spiro atoms. The molecule has 3 radical (unpaired) electrons. The number of hydrogen-bond acceptors (Lipinski definition) is 2. The summed E-state index contributed by atoms with van der Waals surface area (Å²) in [5, 5.41) is 10.5. The molecule has 0 saturated carbocycles. The maximum atomic E-state index is 10.8. The average molecular weight is 504 g/mol. The van der Waals surface area contributed by atoms with Crippen molar-refractivity contribution < 1.29 is 40.9 Å². The van der Waals surface area contributed by atoms with Gasteiger partial charge in [-0.1, -0.05) is 29.3 Å². The van der Waals surface area contributed by atoms with Crippen molar-refractivity contribution in [3.63, 3.8) is 0 Å². The number of ketones is 1. The summed E-state index contributed by atoms with van der Waals surface area (Å²) in [5.41, 5.74) is 1.53. The molecule has 1 N–H and O–H groups in total. The van der Waals surface area contributed by atoms with Gasteiger partial charge in [0, 0.05) is 22.9 Å². The predicted molar refractivity (Wildman–Crippen MR) is 106 cm³/mol. The van der Waals surface area contributed by atoms with Crippen LogP contribution in [0.3, 0.4) is 0 Å². The third kappa shape index (κ3) is 8.86. The molecule has 0 amide bonds. The summed E-state index contributed by atoms with van der Waals surface area (Å²) in [5.74, 6) is 0.0439. The van der Waals surface area contributed by atoms with Gasteiger partial charge in [-0.2, -0.15) is 0 Å². The largest absolute Gasteiger partial charge is 1.00 e. The van der Waals surface area contributed by atoms with Crippen molar-refractivity contribution in [2.45, 2.75) is 20.0 Å². The summed E-state index contributed by atoms with van der Waals surface area (Å²) in [6.45, 7) is 3.24. The fourth-order valence-electron chi connectivity index (χ4n) is 1.49. The van der Waals surface area contributed by atoms with Crippen molar-refractivity contribution in [2.75, 3.05) is 0 Å². The quantitative estimate of drug-likeness (QED) is 0.505. The van der Waals surface area contributed by atoms with Gasteiger partial charge in [-0.15, -0.1) is 0 Å². The summed E-state index contributed by atoms with van der Waals surface area (Å²) < 4.78 is 1.57. The molecule has 1 atom stereocenters. The van der Waals surface area contributed by atoms with Crippen LogP contribution >= 0.6 is 55.1 Å². The van der Waals surface area contributed by atoms with E-state index in [2.05, 4.69) is 31.9 Å². The van der Waals surface area contributed by atoms with Gasteiger partial charge in [-0.25, -0.2) is 0 Å². The molecular formula is C16H15BBr2Cl2NaO2. The molecule has 0 aliphatic carbocycles. The normalized spacial score (nSPS) is 10.5. The van der Waals surface area contributed by atoms with Gasteiger partial charge in [0.05, 0.1) is 16.1 Å². The Morgan fingerprint density at radius 2 is 1.54 bits per heavy atom. The molecule has 2 aromatic rings. The first-order valence-corrected chi connectivity index (χ1v) is 8.65. The van der Waals surface area contributed by atoms with Gasteiger partial charge >= 0.3 is 29.6 Å². The van der Waals surface area contributed by atoms with E-state index in [4.69, 9.17) is 23.2 Å². The number of benzene rings is 2. The van der Waals surface area contributed by atoms with Gasteiger partial charge in [-0.05, 0) is 81.6 Å². The number of aliphatic hydroxyl groups is 1. The van der Waals surface area contributed by atoms with Crippen LogP contribution in [0, 0.1) is 0 Å². The molecule has 2 aromatic carbocycles. The smallest absolute Gasteiger partial charge is 1.00 e. The number of hydrogen-bond donors (Lipinski definition) is 1. The zero-order valence-corrected chi connectivity index (χ0v) is 20.2. The molecule has 0 aliphatic heterocycles. The van der Waals surface area contributed by atoms with Crippen molar-refractivity contribution in [2.24, 2.45) is 0 Å². The Hall–Kier alpha value is 0.675. The zero-order valence-electron chi connectivity index (χ0n) is 14.5. The Labute approximate surface area is 194 Å². The maximum absolute atomic E-state index is 10.8. The SMILES string of the molecule is CC(=O)c1ccc(Cl)c(Br)c1.CC(O)c1ccc(Cl)c(Br)c1.[B].[H-].[Na+]. The number of Topliss-reactive ketones (excluding diaryl/α,β-unsaturated/α-hetero) is 1. The predicted octanol–water partition coefficient (Wildman–Crippen LogP) is 3.20. The van der Waals surface area contributed by atoms with Crippen molar-refractivity contribution in [1.29, 1.82) is 0 Å². The molecule has 8 heteroatoms. The van der Waals surface area contributed by atoms with Crippen LogP contribution in [0.4, 0.5) is 0 Å². The minimum absolute atomic E-state index is 0. The van der Waals surface area contributed by atoms with Crippen LogP contribution < -0.4 is 29.6 Å². The second-order valence-electron chi connectivity index (χ2n) is 4.53. The molecule has 2 nitrogen and oxygen atoms in total. The first kappa shape index (κ1) is 26.9. The maximum Gasteiger partial charge on any atom is 1.00 e. The summed E-state index contributed by atoms with van der Waals surface area (Å²) in [6, 6.07) is 10.5. The monoisotopic (exact) mass is 501 g/mol. The van der Waals surface area contributed by atoms with Gasteiger partial charge in [0.25, 0.3) is 0 Å². The molecule has 0 aromatic heterocycles. The van der Waals surface area contributed by atoms with Crippen molar-refractivity contribution >= 4 is 69.3 Å². The second-order valence-corrected chi connectivity index (χ2v) is 7.06. The summed E-state index contributed by atoms with van der Waals surface area (Å²) in [6.07, 6.45) is -0.441. The Bertz CT molecular complexity index is 691. The van der Waals surface area contributed by atoms with E-state index in [9.17, 15) is 9.90 Å². The molecule has 0 bridgehead atoms. The van der Waals surface area contributed by atoms with Crippen molar-refractivity contribution in [3.05, 3.63) is 66.5 Å². The number of carbonyl (C=O) groups excluding carboxylic acids is 1. The topological polar surface area (TPSA) is 37.3 Å². The van der Waals surface area contributed by atoms with E-state index in [-0.39, 0.29) is 45.2 Å². The van der Waals surface area contributed by atoms with E-state index in [1.165, 1.54) is 6.92 Å². The van der Waals surface area contributed by atoms with Crippen LogP contribution in [0.25, 0.3) is 0 Å². The van der Waals surface area contributed by atoms with Crippen LogP contribution in [0.2, 0.25) is 10.0 Å². The van der Waals surface area contributed by atoms with Gasteiger partial charge in [-0.3, -0.25) is 4.79 Å². The molecule has 2 rings (SSSR count). The summed E-state index contributed by atoms with van der Waals surface area (Å²) in [4.78, 5) is 10.8. The van der Waals surface area contributed by atoms with E-state index < -0.39 is 6.10 Å². The van der Waals surface area contributed by atoms with Crippen LogP contribution in [-0.2, 0) is 0 Å². The Morgan fingerprint density at radius 1 is 1.08 bits per heavy atom. The van der Waals surface area contributed by atoms with Gasteiger partial charge in [0.15, 0.2) is 5.78 Å². The van der Waals surface area contributed by atoms with Crippen molar-refractivity contribution in [3.8, 4) is 0 Å². The zero-order chi connectivity index (χ0) is 16.9. The third-order valence-corrected chi connectivity index (χ3v) is 5.18. The van der Waals surface area contributed by atoms with Gasteiger partial charge in [0.2, 0.25) is 0 Å². The molecule has 24 heavy (non-hydrogen) atoms.